The average Bonchev–Trinajstić information content (AvgIpc) is 3.16. The lowest BCUT2D eigenvalue weighted by Crippen LogP contribution is -2.70. The highest BCUT2D eigenvalue weighted by molar-refractivity contribution is 8.01. The molecule has 12 heteroatoms. The number of aliphatic carboxylic acids is 1. The monoisotopic (exact) mass is 461 g/mol. The number of β-lactam (4-membered cyclic amide) rings is 1. The van der Waals surface area contributed by atoms with Gasteiger partial charge in [0.25, 0.3) is 11.1 Å². The van der Waals surface area contributed by atoms with E-state index in [1.807, 2.05) is 0 Å². The fourth-order valence-corrected chi connectivity index (χ4v) is 5.66. The van der Waals surface area contributed by atoms with Gasteiger partial charge in [-0.1, -0.05) is 30.0 Å². The Hall–Kier alpha value is -2.99. The Bertz CT molecular complexity index is 1090. The van der Waals surface area contributed by atoms with E-state index < -0.39 is 23.3 Å². The third-order valence-electron chi connectivity index (χ3n) is 4.85. The van der Waals surface area contributed by atoms with Gasteiger partial charge < -0.3 is 20.6 Å². The maximum atomic E-state index is 12.7. The smallest absolute Gasteiger partial charge is 0.352 e. The van der Waals surface area contributed by atoms with Crippen molar-refractivity contribution < 1.29 is 23.9 Å². The Labute approximate surface area is 185 Å². The molecule has 4 rings (SSSR count). The Morgan fingerprint density at radius 1 is 1.39 bits per heavy atom. The molecule has 1 saturated heterocycles. The van der Waals surface area contributed by atoms with Crippen LogP contribution in [0.3, 0.4) is 0 Å². The van der Waals surface area contributed by atoms with Crippen LogP contribution in [0.1, 0.15) is 11.5 Å². The molecule has 10 nitrogen and oxygen atoms in total. The van der Waals surface area contributed by atoms with Crippen molar-refractivity contribution in [1.82, 2.24) is 20.4 Å². The molecule has 2 amide bonds. The van der Waals surface area contributed by atoms with Gasteiger partial charge in [-0.25, -0.2) is 4.79 Å². The standard InChI is InChI=1S/C19H19N5O5S2/c1-9-22-23-19(29-9)31-8-11-7-30-17-14(16(26)24(17)15(11)18(27)28)21-13(25)6-10-4-2-3-5-12(10)20/h2-5,14,17H,6-8,20H2,1H3,(H,21,25)(H,27,28)/t14?,17-/m1/s1. The van der Waals surface area contributed by atoms with E-state index >= 15 is 0 Å². The van der Waals surface area contributed by atoms with Crippen LogP contribution in [0.5, 0.6) is 0 Å². The number of carbonyl (C=O) groups is 3. The number of thioether (sulfide) groups is 2. The second kappa shape index (κ2) is 8.63. The second-order valence-electron chi connectivity index (χ2n) is 6.96. The summed E-state index contributed by atoms with van der Waals surface area (Å²) in [7, 11) is 0. The predicted octanol–water partition coefficient (Wildman–Crippen LogP) is 1.03. The first-order valence-electron chi connectivity index (χ1n) is 9.30. The quantitative estimate of drug-likeness (QED) is 0.310. The minimum atomic E-state index is -1.18. The first-order chi connectivity index (χ1) is 14.8. The number of aryl methyl sites for hydroxylation is 1. The summed E-state index contributed by atoms with van der Waals surface area (Å²) in [4.78, 5) is 38.3. The van der Waals surface area contributed by atoms with Gasteiger partial charge in [-0.3, -0.25) is 14.5 Å². The summed E-state index contributed by atoms with van der Waals surface area (Å²) in [5, 5.41) is 19.9. The van der Waals surface area contributed by atoms with E-state index in [2.05, 4.69) is 15.5 Å². The Balaban J connectivity index is 1.43. The minimum Gasteiger partial charge on any atom is -0.477 e. The Kier molecular flexibility index (Phi) is 5.92. The number of para-hydroxylation sites is 1. The molecule has 1 fully saturated rings. The van der Waals surface area contributed by atoms with Gasteiger partial charge in [0.1, 0.15) is 17.1 Å². The molecule has 1 aromatic carbocycles. The van der Waals surface area contributed by atoms with E-state index in [1.54, 1.807) is 31.2 Å². The van der Waals surface area contributed by atoms with Crippen LogP contribution in [0.15, 0.2) is 45.2 Å². The zero-order chi connectivity index (χ0) is 22.1. The number of hydrogen-bond acceptors (Lipinski definition) is 9. The fourth-order valence-electron chi connectivity index (χ4n) is 3.37. The lowest BCUT2D eigenvalue weighted by molar-refractivity contribution is -0.150. The van der Waals surface area contributed by atoms with E-state index in [9.17, 15) is 19.5 Å². The Morgan fingerprint density at radius 3 is 2.84 bits per heavy atom. The third-order valence-corrected chi connectivity index (χ3v) is 7.09. The van der Waals surface area contributed by atoms with Crippen LogP contribution < -0.4 is 11.1 Å². The van der Waals surface area contributed by atoms with E-state index in [0.29, 0.717) is 39.4 Å². The molecule has 162 valence electrons. The molecule has 0 spiro atoms. The van der Waals surface area contributed by atoms with Gasteiger partial charge in [-0.2, -0.15) is 0 Å². The van der Waals surface area contributed by atoms with Crippen LogP contribution in [0.2, 0.25) is 0 Å². The van der Waals surface area contributed by atoms with E-state index in [0.717, 1.165) is 0 Å². The minimum absolute atomic E-state index is 0.0426. The van der Waals surface area contributed by atoms with E-state index in [1.165, 1.54) is 28.4 Å². The lowest BCUT2D eigenvalue weighted by Gasteiger charge is -2.49. The first kappa shape index (κ1) is 21.2. The Morgan fingerprint density at radius 2 is 2.16 bits per heavy atom. The van der Waals surface area contributed by atoms with Crippen molar-refractivity contribution in [1.29, 1.82) is 0 Å². The average molecular weight is 462 g/mol. The highest BCUT2D eigenvalue weighted by atomic mass is 32.2. The van der Waals surface area contributed by atoms with Crippen molar-refractivity contribution in [3.8, 4) is 0 Å². The largest absolute Gasteiger partial charge is 0.477 e. The summed E-state index contributed by atoms with van der Waals surface area (Å²) in [5.41, 5.74) is 7.58. The van der Waals surface area contributed by atoms with Gasteiger partial charge in [0.2, 0.25) is 11.8 Å². The normalized spacial score (nSPS) is 20.3. The number of carboxylic acids is 1. The molecule has 0 saturated carbocycles. The summed E-state index contributed by atoms with van der Waals surface area (Å²) < 4.78 is 5.30. The molecule has 0 aliphatic carbocycles. The number of benzene rings is 1. The number of nitrogens with zero attached hydrogens (tertiary/aromatic N) is 3. The van der Waals surface area contributed by atoms with Crippen molar-refractivity contribution >= 4 is 47.0 Å². The van der Waals surface area contributed by atoms with Crippen LogP contribution in [0, 0.1) is 6.92 Å². The molecular formula is C19H19N5O5S2. The van der Waals surface area contributed by atoms with E-state index in [4.69, 9.17) is 10.2 Å². The third kappa shape index (κ3) is 4.26. The number of rotatable bonds is 7. The van der Waals surface area contributed by atoms with Crippen LogP contribution >= 0.6 is 23.5 Å². The summed E-state index contributed by atoms with van der Waals surface area (Å²) in [5.74, 6) is -0.837. The van der Waals surface area contributed by atoms with Gasteiger partial charge in [-0.05, 0) is 17.2 Å². The molecule has 31 heavy (non-hydrogen) atoms. The van der Waals surface area contributed by atoms with Gasteiger partial charge in [0, 0.05) is 24.1 Å². The van der Waals surface area contributed by atoms with Crippen molar-refractivity contribution in [2.24, 2.45) is 0 Å². The fraction of sp³-hybridized carbons (Fsp3) is 0.316. The molecule has 2 aromatic rings. The number of carbonyl (C=O) groups excluding carboxylic acids is 2. The van der Waals surface area contributed by atoms with Crippen molar-refractivity contribution in [3.05, 3.63) is 47.0 Å². The highest BCUT2D eigenvalue weighted by Crippen LogP contribution is 2.41. The molecule has 2 atom stereocenters. The number of hydrogen-bond donors (Lipinski definition) is 3. The van der Waals surface area contributed by atoms with Gasteiger partial charge >= 0.3 is 5.97 Å². The summed E-state index contributed by atoms with van der Waals surface area (Å²) in [6, 6.07) is 6.24. The number of amides is 2. The molecule has 4 N–H and O–H groups in total. The second-order valence-corrected chi connectivity index (χ2v) is 9.00. The van der Waals surface area contributed by atoms with Crippen LogP contribution in [-0.2, 0) is 20.8 Å². The van der Waals surface area contributed by atoms with Crippen molar-refractivity contribution in [2.45, 2.75) is 30.0 Å². The summed E-state index contributed by atoms with van der Waals surface area (Å²) in [6.45, 7) is 1.67. The number of nitrogens with one attached hydrogen (secondary N) is 1. The van der Waals surface area contributed by atoms with E-state index in [-0.39, 0.29) is 18.0 Å². The number of carboxylic acid groups (broad SMARTS) is 1. The zero-order valence-corrected chi connectivity index (χ0v) is 18.0. The van der Waals surface area contributed by atoms with Gasteiger partial charge in [0.05, 0.1) is 6.42 Å². The molecule has 2 aliphatic rings. The lowest BCUT2D eigenvalue weighted by atomic mass is 10.0. The maximum Gasteiger partial charge on any atom is 0.352 e. The number of anilines is 1. The molecule has 0 bridgehead atoms. The zero-order valence-electron chi connectivity index (χ0n) is 16.4. The maximum absolute atomic E-state index is 12.7. The molecule has 0 radical (unpaired) electrons. The van der Waals surface area contributed by atoms with Gasteiger partial charge in [0.15, 0.2) is 0 Å². The number of nitrogens with two attached hydrogens (primary N) is 1. The first-order valence-corrected chi connectivity index (χ1v) is 11.3. The molecule has 1 unspecified atom stereocenters. The topological polar surface area (TPSA) is 152 Å². The predicted molar refractivity (Wildman–Crippen MR) is 114 cm³/mol. The molecule has 2 aliphatic heterocycles. The van der Waals surface area contributed by atoms with Crippen LogP contribution in [0.25, 0.3) is 0 Å². The number of fused-ring (bicyclic) bond motifs is 1. The summed E-state index contributed by atoms with van der Waals surface area (Å²) in [6.07, 6.45) is 0.0426. The van der Waals surface area contributed by atoms with Gasteiger partial charge in [-0.15, -0.1) is 22.0 Å². The number of nitrogen functional groups attached to an aromatic ring is 1. The van der Waals surface area contributed by atoms with Crippen LogP contribution in [0.4, 0.5) is 5.69 Å². The SMILES string of the molecule is Cc1nnc(SCC2=C(C(=O)O)N3C(=O)C(NC(=O)Cc4ccccc4N)[C@H]3SC2)o1. The number of aromatic nitrogens is 2. The van der Waals surface area contributed by atoms with Crippen LogP contribution in [-0.4, -0.2) is 60.9 Å². The highest BCUT2D eigenvalue weighted by Gasteiger charge is 2.54. The van der Waals surface area contributed by atoms with Crippen molar-refractivity contribution in [3.63, 3.8) is 0 Å². The molecule has 1 aromatic heterocycles. The van der Waals surface area contributed by atoms with Crippen molar-refractivity contribution in [2.75, 3.05) is 17.2 Å². The molecule has 3 heterocycles. The molecular weight excluding hydrogens is 442 g/mol. The summed E-state index contributed by atoms with van der Waals surface area (Å²) >= 11 is 2.63.